The predicted molar refractivity (Wildman–Crippen MR) is 83.6 cm³/mol. The molecule has 0 bridgehead atoms. The molecule has 1 aromatic rings. The van der Waals surface area contributed by atoms with Gasteiger partial charge in [-0.25, -0.2) is 8.42 Å². The molecule has 0 saturated heterocycles. The third-order valence-electron chi connectivity index (χ3n) is 4.02. The Bertz CT molecular complexity index is 676. The number of methoxy groups -OCH3 is 2. The maximum Gasteiger partial charge on any atom is 0.511 e. The number of rotatable bonds is 7. The largest absolute Gasteiger partial charge is 0.511 e. The van der Waals surface area contributed by atoms with Crippen LogP contribution in [0.25, 0.3) is 0 Å². The van der Waals surface area contributed by atoms with E-state index in [9.17, 15) is 21.6 Å². The van der Waals surface area contributed by atoms with Crippen LogP contribution in [0, 0.1) is 0 Å². The van der Waals surface area contributed by atoms with Crippen molar-refractivity contribution >= 4 is 10.0 Å². The normalized spacial score (nSPS) is 18.3. The van der Waals surface area contributed by atoms with Gasteiger partial charge in [-0.05, 0) is 18.1 Å². The monoisotopic (exact) mass is 383 g/mol. The SMILES string of the molecule is COC(CN(CC1CCOc2ccccc21)S(=O)(=O)C(F)(F)F)OC. The van der Waals surface area contributed by atoms with Crippen LogP contribution in [0.1, 0.15) is 17.9 Å². The standard InChI is InChI=1S/C15H20F3NO5S/c1-22-14(23-2)10-19(25(20,21)15(16,17)18)9-11-7-8-24-13-6-4-3-5-12(11)13/h3-6,11,14H,7-10H2,1-2H3. The second kappa shape index (κ2) is 7.90. The zero-order chi connectivity index (χ0) is 18.7. The van der Waals surface area contributed by atoms with E-state index in [0.717, 1.165) is 0 Å². The van der Waals surface area contributed by atoms with Gasteiger partial charge in [-0.3, -0.25) is 0 Å². The molecule has 0 spiro atoms. The van der Waals surface area contributed by atoms with Crippen LogP contribution in [0.5, 0.6) is 5.75 Å². The fourth-order valence-electron chi connectivity index (χ4n) is 2.68. The fourth-order valence-corrected chi connectivity index (χ4v) is 3.67. The lowest BCUT2D eigenvalue weighted by Gasteiger charge is -2.32. The molecule has 2 rings (SSSR count). The number of benzene rings is 1. The summed E-state index contributed by atoms with van der Waals surface area (Å²) in [5.41, 5.74) is -4.72. The van der Waals surface area contributed by atoms with Crippen LogP contribution in [-0.2, 0) is 19.5 Å². The summed E-state index contributed by atoms with van der Waals surface area (Å²) in [6.07, 6.45) is -0.696. The zero-order valence-corrected chi connectivity index (χ0v) is 14.6. The molecule has 1 aliphatic rings. The Morgan fingerprint density at radius 3 is 2.52 bits per heavy atom. The smallest absolute Gasteiger partial charge is 0.493 e. The van der Waals surface area contributed by atoms with Gasteiger partial charge in [-0.2, -0.15) is 17.5 Å². The second-order valence-corrected chi connectivity index (χ2v) is 7.47. The van der Waals surface area contributed by atoms with E-state index < -0.39 is 34.3 Å². The summed E-state index contributed by atoms with van der Waals surface area (Å²) in [6.45, 7) is -0.598. The van der Waals surface area contributed by atoms with Gasteiger partial charge in [0, 0.05) is 26.7 Å². The Hall–Kier alpha value is -1.36. The van der Waals surface area contributed by atoms with Crippen molar-refractivity contribution in [2.75, 3.05) is 33.9 Å². The first-order valence-electron chi connectivity index (χ1n) is 7.54. The summed E-state index contributed by atoms with van der Waals surface area (Å²) in [5, 5.41) is 0. The quantitative estimate of drug-likeness (QED) is 0.676. The lowest BCUT2D eigenvalue weighted by atomic mass is 9.93. The number of hydrogen-bond acceptors (Lipinski definition) is 5. The van der Waals surface area contributed by atoms with Crippen molar-refractivity contribution in [2.45, 2.75) is 24.1 Å². The molecule has 0 aliphatic carbocycles. The summed E-state index contributed by atoms with van der Waals surface area (Å²) >= 11 is 0. The highest BCUT2D eigenvalue weighted by molar-refractivity contribution is 7.90. The number of hydrogen-bond donors (Lipinski definition) is 0. The molecule has 6 nitrogen and oxygen atoms in total. The number of nitrogens with zero attached hydrogens (tertiary/aromatic N) is 1. The molecular weight excluding hydrogens is 363 g/mol. The van der Waals surface area contributed by atoms with E-state index in [1.807, 2.05) is 0 Å². The number of sulfonamides is 1. The Labute approximate surface area is 144 Å². The van der Waals surface area contributed by atoms with Crippen molar-refractivity contribution in [3.63, 3.8) is 0 Å². The van der Waals surface area contributed by atoms with E-state index >= 15 is 0 Å². The molecule has 0 amide bonds. The minimum atomic E-state index is -5.52. The Morgan fingerprint density at radius 1 is 1.28 bits per heavy atom. The van der Waals surface area contributed by atoms with Gasteiger partial charge in [-0.15, -0.1) is 0 Å². The molecule has 10 heteroatoms. The first kappa shape index (κ1) is 20.0. The van der Waals surface area contributed by atoms with Crippen LogP contribution in [0.3, 0.4) is 0 Å². The molecule has 0 radical (unpaired) electrons. The summed E-state index contributed by atoms with van der Waals surface area (Å²) in [4.78, 5) is 0. The van der Waals surface area contributed by atoms with Gasteiger partial charge in [0.25, 0.3) is 0 Å². The van der Waals surface area contributed by atoms with Crippen molar-refractivity contribution < 1.29 is 35.8 Å². The van der Waals surface area contributed by atoms with Gasteiger partial charge in [-0.1, -0.05) is 18.2 Å². The van der Waals surface area contributed by atoms with Gasteiger partial charge >= 0.3 is 15.5 Å². The first-order chi connectivity index (χ1) is 11.7. The average molecular weight is 383 g/mol. The molecule has 1 heterocycles. The number of fused-ring (bicyclic) bond motifs is 1. The number of halogens is 3. The van der Waals surface area contributed by atoms with E-state index in [0.29, 0.717) is 28.6 Å². The van der Waals surface area contributed by atoms with E-state index in [1.54, 1.807) is 24.3 Å². The maximum absolute atomic E-state index is 13.1. The van der Waals surface area contributed by atoms with Crippen LogP contribution in [0.15, 0.2) is 24.3 Å². The Morgan fingerprint density at radius 2 is 1.92 bits per heavy atom. The summed E-state index contributed by atoms with van der Waals surface area (Å²) in [5.74, 6) is 0.134. The van der Waals surface area contributed by atoms with Gasteiger partial charge in [0.1, 0.15) is 5.75 Å². The minimum absolute atomic E-state index is 0.305. The number of alkyl halides is 3. The molecule has 0 saturated carbocycles. The highest BCUT2D eigenvalue weighted by Gasteiger charge is 2.51. The van der Waals surface area contributed by atoms with Gasteiger partial charge in [0.05, 0.1) is 13.2 Å². The van der Waals surface area contributed by atoms with Crippen molar-refractivity contribution in [1.29, 1.82) is 0 Å². The average Bonchev–Trinajstić information content (AvgIpc) is 2.57. The molecule has 0 aromatic heterocycles. The molecule has 1 aromatic carbocycles. The van der Waals surface area contributed by atoms with Crippen molar-refractivity contribution in [3.8, 4) is 5.75 Å². The van der Waals surface area contributed by atoms with E-state index in [-0.39, 0.29) is 6.54 Å². The number of ether oxygens (including phenoxy) is 3. The fraction of sp³-hybridized carbons (Fsp3) is 0.600. The summed E-state index contributed by atoms with van der Waals surface area (Å²) in [7, 11) is -3.06. The predicted octanol–water partition coefficient (Wildman–Crippen LogP) is 2.32. The third kappa shape index (κ3) is 4.43. The van der Waals surface area contributed by atoms with Crippen LogP contribution in [0.2, 0.25) is 0 Å². The van der Waals surface area contributed by atoms with Gasteiger partial charge in [0.15, 0.2) is 6.29 Å². The van der Waals surface area contributed by atoms with E-state index in [4.69, 9.17) is 14.2 Å². The van der Waals surface area contributed by atoms with Crippen molar-refractivity contribution in [3.05, 3.63) is 29.8 Å². The topological polar surface area (TPSA) is 65.1 Å². The lowest BCUT2D eigenvalue weighted by Crippen LogP contribution is -2.47. The third-order valence-corrected chi connectivity index (χ3v) is 5.58. The van der Waals surface area contributed by atoms with Gasteiger partial charge < -0.3 is 14.2 Å². The summed E-state index contributed by atoms with van der Waals surface area (Å²) in [6, 6.07) is 6.91. The van der Waals surface area contributed by atoms with Crippen LogP contribution < -0.4 is 4.74 Å². The molecule has 25 heavy (non-hydrogen) atoms. The highest BCUT2D eigenvalue weighted by Crippen LogP contribution is 2.36. The summed E-state index contributed by atoms with van der Waals surface area (Å²) < 4.78 is 78.7. The molecular formula is C15H20F3NO5S. The van der Waals surface area contributed by atoms with Crippen molar-refractivity contribution in [1.82, 2.24) is 4.31 Å². The molecule has 0 N–H and O–H groups in total. The molecule has 1 aliphatic heterocycles. The van der Waals surface area contributed by atoms with E-state index in [2.05, 4.69) is 0 Å². The number of para-hydroxylation sites is 1. The molecule has 1 unspecified atom stereocenters. The second-order valence-electron chi connectivity index (χ2n) is 5.54. The van der Waals surface area contributed by atoms with Crippen LogP contribution >= 0.6 is 0 Å². The molecule has 0 fully saturated rings. The van der Waals surface area contributed by atoms with Gasteiger partial charge in [0.2, 0.25) is 0 Å². The van der Waals surface area contributed by atoms with E-state index in [1.165, 1.54) is 14.2 Å². The maximum atomic E-state index is 13.1. The lowest BCUT2D eigenvalue weighted by molar-refractivity contribution is -0.111. The Balaban J connectivity index is 2.31. The molecule has 1 atom stereocenters. The highest BCUT2D eigenvalue weighted by atomic mass is 32.2. The minimum Gasteiger partial charge on any atom is -0.493 e. The first-order valence-corrected chi connectivity index (χ1v) is 8.98. The zero-order valence-electron chi connectivity index (χ0n) is 13.8. The van der Waals surface area contributed by atoms with Crippen molar-refractivity contribution in [2.24, 2.45) is 0 Å². The molecule has 142 valence electrons. The van der Waals surface area contributed by atoms with Crippen LogP contribution in [-0.4, -0.2) is 58.4 Å². The van der Waals surface area contributed by atoms with Crippen LogP contribution in [0.4, 0.5) is 13.2 Å². The Kier molecular flexibility index (Phi) is 6.30.